The van der Waals surface area contributed by atoms with Gasteiger partial charge in [0.05, 0.1) is 31.5 Å². The van der Waals surface area contributed by atoms with Gasteiger partial charge in [-0.25, -0.2) is 29.9 Å². The Hall–Kier alpha value is -2.14. The third-order valence-electron chi connectivity index (χ3n) is 10.0. The number of nitrogens with zero attached hydrogens (tertiary/aromatic N) is 8. The molecule has 8 N–H and O–H groups in total. The van der Waals surface area contributed by atoms with Crippen LogP contribution in [0.25, 0.3) is 22.3 Å². The van der Waals surface area contributed by atoms with Crippen molar-refractivity contribution < 1.29 is 78.7 Å². The third kappa shape index (κ3) is 7.87. The molecular weight excluding hydrogens is 851 g/mol. The molecule has 267 valence electrons. The number of hydrogen-bond acceptors (Lipinski definition) is 15. The smallest absolute Gasteiger partial charge is 0.167 e. The maximum atomic E-state index is 9.95. The molecule has 17 nitrogen and oxygen atoms in total. The van der Waals surface area contributed by atoms with E-state index in [-0.39, 0.29) is 68.3 Å². The van der Waals surface area contributed by atoms with Crippen molar-refractivity contribution in [3.05, 3.63) is 25.3 Å². The van der Waals surface area contributed by atoms with Crippen LogP contribution in [-0.2, 0) is 14.2 Å². The molecule has 0 spiro atoms. The maximum absolute atomic E-state index is 9.95. The molecule has 7 rings (SSSR count). The number of hydrogen-bond donors (Lipinski definition) is 6. The van der Waals surface area contributed by atoms with Crippen molar-refractivity contribution in [2.45, 2.75) is 104 Å². The average molecular weight is 900 g/mol. The van der Waals surface area contributed by atoms with Gasteiger partial charge in [0.2, 0.25) is 0 Å². The summed E-state index contributed by atoms with van der Waals surface area (Å²) in [6.45, 7) is 12.5. The van der Waals surface area contributed by atoms with Crippen molar-refractivity contribution in [2.75, 3.05) is 18.1 Å². The molecule has 12 atom stereocenters. The Kier molecular flexibility index (Phi) is 13.7. The molecule has 0 saturated carbocycles. The zero-order valence-electron chi connectivity index (χ0n) is 28.7. The largest absolute Gasteiger partial charge is 0.394 e. The van der Waals surface area contributed by atoms with E-state index in [0.29, 0.717) is 46.2 Å². The Morgan fingerprint density at radius 2 is 1.10 bits per heavy atom. The van der Waals surface area contributed by atoms with Gasteiger partial charge in [-0.1, -0.05) is 41.5 Å². The first-order valence-corrected chi connectivity index (χ1v) is 16.4. The summed E-state index contributed by atoms with van der Waals surface area (Å²) in [6, 6.07) is 0. The molecule has 3 aliphatic rings. The van der Waals surface area contributed by atoms with Gasteiger partial charge >= 0.3 is 0 Å². The number of aromatic nitrogens is 8. The van der Waals surface area contributed by atoms with E-state index < -0.39 is 37.4 Å². The van der Waals surface area contributed by atoms with Crippen LogP contribution in [0.3, 0.4) is 0 Å². The number of aliphatic hydroxyl groups excluding tert-OH is 4. The van der Waals surface area contributed by atoms with Crippen molar-refractivity contribution in [1.82, 2.24) is 39.0 Å². The molecule has 3 saturated heterocycles. The van der Waals surface area contributed by atoms with Crippen LogP contribution in [0.1, 0.15) is 66.8 Å². The normalized spacial score (nSPS) is 33.9. The minimum absolute atomic E-state index is 0. The Bertz CT molecular complexity index is 1560. The molecule has 4 aromatic heterocycles. The van der Waals surface area contributed by atoms with E-state index in [1.807, 2.05) is 11.5 Å². The summed E-state index contributed by atoms with van der Waals surface area (Å²) in [7, 11) is 0. The Balaban J connectivity index is 0.000000172. The van der Waals surface area contributed by atoms with Gasteiger partial charge < -0.3 is 46.1 Å². The molecule has 3 fully saturated rings. The second-order valence-corrected chi connectivity index (χ2v) is 12.8. The van der Waals surface area contributed by atoms with E-state index in [0.717, 1.165) is 18.5 Å². The fraction of sp³-hybridized carbons (Fsp3) is 0.677. The molecule has 3 aliphatic heterocycles. The minimum Gasteiger partial charge on any atom is -0.394 e. The number of aliphatic hydroxyl groups is 4. The molecule has 0 aromatic carbocycles. The van der Waals surface area contributed by atoms with E-state index in [4.69, 9.17) is 30.8 Å². The van der Waals surface area contributed by atoms with Crippen molar-refractivity contribution in [3.63, 3.8) is 0 Å². The van der Waals surface area contributed by atoms with Gasteiger partial charge in [-0.3, -0.25) is 9.13 Å². The zero-order valence-corrected chi connectivity index (χ0v) is 33.4. The second-order valence-electron chi connectivity index (χ2n) is 12.8. The molecule has 4 aromatic rings. The van der Waals surface area contributed by atoms with E-state index in [9.17, 15) is 15.3 Å². The molecule has 7 heterocycles. The first-order chi connectivity index (χ1) is 22.9. The summed E-state index contributed by atoms with van der Waals surface area (Å²) in [4.78, 5) is 24.4. The molecule has 0 bridgehead atoms. The summed E-state index contributed by atoms with van der Waals surface area (Å²) in [5, 5.41) is 38.0. The van der Waals surface area contributed by atoms with Crippen LogP contribution in [0.15, 0.2) is 25.3 Å². The number of anilines is 2. The van der Waals surface area contributed by atoms with Crippen molar-refractivity contribution in [2.24, 2.45) is 23.7 Å². The van der Waals surface area contributed by atoms with E-state index in [2.05, 4.69) is 64.5 Å². The molecule has 49 heavy (non-hydrogen) atoms. The number of fused-ring (bicyclic) bond motifs is 2. The SMILES string of the molecule is CC[C@@H]1O[C@H](O)C(C)C1C.CC[C@@H]1O[C@H](n2cnc3c(N)ncnc32)C(C)C1C.Nc1ncnc2c1ncn2[C@H]1O[C@@H](CO)C(O)C1O.[Ac]. The summed E-state index contributed by atoms with van der Waals surface area (Å²) in [6.07, 6.45) is 3.82. The fourth-order valence-corrected chi connectivity index (χ4v) is 6.53. The summed E-state index contributed by atoms with van der Waals surface area (Å²) >= 11 is 0. The number of nitrogens with two attached hydrogens (primary N) is 2. The molecule has 18 heteroatoms. The predicted octanol–water partition coefficient (Wildman–Crippen LogP) is 1.39. The Labute approximate surface area is 320 Å². The monoisotopic (exact) mass is 899 g/mol. The van der Waals surface area contributed by atoms with Gasteiger partial charge in [-0.15, -0.1) is 0 Å². The zero-order chi connectivity index (χ0) is 34.9. The topological polar surface area (TPSA) is 248 Å². The Morgan fingerprint density at radius 3 is 1.51 bits per heavy atom. The molecule has 6 unspecified atom stereocenters. The van der Waals surface area contributed by atoms with Gasteiger partial charge in [-0.05, 0) is 24.7 Å². The summed E-state index contributed by atoms with van der Waals surface area (Å²) in [5.74, 6) is 2.36. The van der Waals surface area contributed by atoms with Crippen LogP contribution in [0.4, 0.5) is 11.6 Å². The van der Waals surface area contributed by atoms with Gasteiger partial charge in [0, 0.05) is 55.9 Å². The molecular formula is C31H48AcN10O7. The second kappa shape index (κ2) is 16.9. The van der Waals surface area contributed by atoms with E-state index in [1.165, 1.54) is 23.5 Å². The molecule has 1 radical (unpaired) electrons. The summed E-state index contributed by atoms with van der Waals surface area (Å²) < 4.78 is 20.3. The minimum atomic E-state index is -1.19. The van der Waals surface area contributed by atoms with Crippen molar-refractivity contribution in [1.29, 1.82) is 0 Å². The standard InChI is InChI=1S/C13H19N5O.C10H13N5O4.C8H16O2.Ac/c1-4-9-7(2)8(3)13(19-9)18-6-17-10-11(14)15-5-16-12(10)18;11-8-5-9(13-2-12-8)15(3-14-5)10-7(18)6(17)4(1-16)19-10;1-4-7-5(2)6(3)8(9)10-7;/h5-9,13H,4H2,1-3H3,(H2,14,15,16);2-4,6-7,10,16-18H,1H2,(H2,11,12,13);5-9H,4H2,1-3H3;/t7?,8?,9-,13-;4-,6?,7?,10-;5?,6?,7-,8-;/m000./s1. The van der Waals surface area contributed by atoms with Crippen molar-refractivity contribution >= 4 is 34.0 Å². The fourth-order valence-electron chi connectivity index (χ4n) is 6.53. The predicted molar refractivity (Wildman–Crippen MR) is 175 cm³/mol. The number of imidazole rings is 2. The van der Waals surface area contributed by atoms with E-state index in [1.54, 1.807) is 6.33 Å². The maximum Gasteiger partial charge on any atom is 0.167 e. The van der Waals surface area contributed by atoms with Crippen LogP contribution >= 0.6 is 0 Å². The van der Waals surface area contributed by atoms with Crippen molar-refractivity contribution in [3.8, 4) is 0 Å². The third-order valence-corrected chi connectivity index (χ3v) is 10.0. The quantitative estimate of drug-likeness (QED) is 0.166. The van der Waals surface area contributed by atoms with Gasteiger partial charge in [0.15, 0.2) is 35.4 Å². The molecule has 0 amide bonds. The van der Waals surface area contributed by atoms with Crippen LogP contribution in [-0.4, -0.2) is 103 Å². The average Bonchev–Trinajstić information content (AvgIpc) is 3.89. The van der Waals surface area contributed by atoms with Gasteiger partial charge in [-0.2, -0.15) is 0 Å². The summed E-state index contributed by atoms with van der Waals surface area (Å²) in [5.41, 5.74) is 13.6. The Morgan fingerprint density at radius 1 is 0.633 bits per heavy atom. The number of rotatable bonds is 5. The first kappa shape index (κ1) is 39.6. The number of nitrogen functional groups attached to an aromatic ring is 2. The van der Waals surface area contributed by atoms with Gasteiger partial charge in [0.1, 0.15) is 48.2 Å². The van der Waals surface area contributed by atoms with Crippen LogP contribution < -0.4 is 11.5 Å². The van der Waals surface area contributed by atoms with Crippen LogP contribution in [0, 0.1) is 67.7 Å². The number of ether oxygens (including phenoxy) is 3. The van der Waals surface area contributed by atoms with Crippen LogP contribution in [0.5, 0.6) is 0 Å². The van der Waals surface area contributed by atoms with E-state index >= 15 is 0 Å². The molecule has 0 aliphatic carbocycles. The van der Waals surface area contributed by atoms with Crippen LogP contribution in [0.2, 0.25) is 0 Å². The first-order valence-electron chi connectivity index (χ1n) is 16.4. The van der Waals surface area contributed by atoms with Gasteiger partial charge in [0.25, 0.3) is 0 Å².